The summed E-state index contributed by atoms with van der Waals surface area (Å²) in [7, 11) is 1.72. The Kier molecular flexibility index (Phi) is 4.47. The van der Waals surface area contributed by atoms with Crippen LogP contribution in [0.4, 0.5) is 0 Å². The molecule has 0 amide bonds. The first-order valence-electron chi connectivity index (χ1n) is 6.00. The molecule has 0 radical (unpaired) electrons. The smallest absolute Gasteiger partial charge is 0.243 e. The fraction of sp³-hybridized carbons (Fsp3) is 0.818. The molecule has 1 aromatic heterocycles. The highest BCUT2D eigenvalue weighted by Crippen LogP contribution is 2.23. The zero-order valence-corrected chi connectivity index (χ0v) is 10.3. The van der Waals surface area contributed by atoms with Gasteiger partial charge in [-0.1, -0.05) is 5.16 Å². The Labute approximate surface area is 101 Å². The molecule has 2 atom stereocenters. The molecule has 17 heavy (non-hydrogen) atoms. The van der Waals surface area contributed by atoms with Crippen molar-refractivity contribution in [3.8, 4) is 0 Å². The molecule has 1 N–H and O–H groups in total. The first-order chi connectivity index (χ1) is 8.33. The van der Waals surface area contributed by atoms with E-state index in [1.165, 1.54) is 0 Å². The lowest BCUT2D eigenvalue weighted by Gasteiger charge is -2.04. The summed E-state index contributed by atoms with van der Waals surface area (Å²) >= 11 is 0. The molecule has 2 unspecified atom stereocenters. The van der Waals surface area contributed by atoms with Gasteiger partial charge in [0.2, 0.25) is 5.89 Å². The molecule has 6 heteroatoms. The quantitative estimate of drug-likeness (QED) is 0.739. The lowest BCUT2D eigenvalue weighted by molar-refractivity contribution is 0.116. The third-order valence-electron chi connectivity index (χ3n) is 2.88. The lowest BCUT2D eigenvalue weighted by atomic mass is 10.2. The van der Waals surface area contributed by atoms with Gasteiger partial charge in [-0.3, -0.25) is 0 Å². The second-order valence-electron chi connectivity index (χ2n) is 4.05. The van der Waals surface area contributed by atoms with Gasteiger partial charge < -0.3 is 19.3 Å². The Balaban J connectivity index is 1.85. The molecule has 1 aromatic rings. The molecule has 0 saturated carbocycles. The topological polar surface area (TPSA) is 69.4 Å². The van der Waals surface area contributed by atoms with Crippen molar-refractivity contribution in [2.24, 2.45) is 0 Å². The fourth-order valence-electron chi connectivity index (χ4n) is 1.89. The van der Waals surface area contributed by atoms with Crippen molar-refractivity contribution < 1.29 is 14.0 Å². The van der Waals surface area contributed by atoms with Crippen molar-refractivity contribution >= 4 is 0 Å². The van der Waals surface area contributed by atoms with Gasteiger partial charge in [-0.2, -0.15) is 4.98 Å². The maximum atomic E-state index is 5.28. The largest absolute Gasteiger partial charge is 0.381 e. The van der Waals surface area contributed by atoms with Gasteiger partial charge >= 0.3 is 0 Å². The molecule has 0 aliphatic carbocycles. The highest BCUT2D eigenvalue weighted by atomic mass is 16.5. The number of rotatable bonds is 6. The number of aromatic nitrogens is 2. The van der Waals surface area contributed by atoms with Gasteiger partial charge in [0.25, 0.3) is 0 Å². The summed E-state index contributed by atoms with van der Waals surface area (Å²) in [5, 5.41) is 7.24. The predicted octanol–water partition coefficient (Wildman–Crippen LogP) is 0.698. The molecule has 1 saturated heterocycles. The van der Waals surface area contributed by atoms with E-state index < -0.39 is 0 Å². The fourth-order valence-corrected chi connectivity index (χ4v) is 1.89. The van der Waals surface area contributed by atoms with Crippen LogP contribution in [0.1, 0.15) is 31.1 Å². The van der Waals surface area contributed by atoms with E-state index in [1.807, 2.05) is 6.92 Å². The molecule has 6 nitrogen and oxygen atoms in total. The highest BCUT2D eigenvalue weighted by Gasteiger charge is 2.29. The highest BCUT2D eigenvalue weighted by molar-refractivity contribution is 4.97. The summed E-state index contributed by atoms with van der Waals surface area (Å²) in [5.41, 5.74) is 0. The maximum Gasteiger partial charge on any atom is 0.243 e. The van der Waals surface area contributed by atoms with Gasteiger partial charge in [0, 0.05) is 26.7 Å². The van der Waals surface area contributed by atoms with Gasteiger partial charge in [0.1, 0.15) is 0 Å². The number of hydrogen-bond donors (Lipinski definition) is 1. The van der Waals surface area contributed by atoms with Crippen molar-refractivity contribution in [1.29, 1.82) is 0 Å². The van der Waals surface area contributed by atoms with E-state index in [4.69, 9.17) is 14.0 Å². The van der Waals surface area contributed by atoms with Crippen molar-refractivity contribution in [2.75, 3.05) is 26.9 Å². The van der Waals surface area contributed by atoms with Crippen LogP contribution in [-0.2, 0) is 15.9 Å². The zero-order chi connectivity index (χ0) is 12.1. The van der Waals surface area contributed by atoms with Crippen LogP contribution in [0.5, 0.6) is 0 Å². The summed E-state index contributed by atoms with van der Waals surface area (Å²) in [4.78, 5) is 4.36. The van der Waals surface area contributed by atoms with Crippen molar-refractivity contribution in [3.63, 3.8) is 0 Å². The van der Waals surface area contributed by atoms with Crippen LogP contribution in [0.25, 0.3) is 0 Å². The minimum atomic E-state index is 0.119. The van der Waals surface area contributed by atoms with Crippen molar-refractivity contribution in [1.82, 2.24) is 15.5 Å². The summed E-state index contributed by atoms with van der Waals surface area (Å²) in [5.74, 6) is 1.35. The minimum absolute atomic E-state index is 0.119. The van der Waals surface area contributed by atoms with E-state index in [0.29, 0.717) is 31.3 Å². The summed E-state index contributed by atoms with van der Waals surface area (Å²) in [6.07, 6.45) is 1.81. The normalized spacial score (nSPS) is 24.4. The van der Waals surface area contributed by atoms with E-state index in [1.54, 1.807) is 7.11 Å². The van der Waals surface area contributed by atoms with Gasteiger partial charge in [0.05, 0.1) is 18.8 Å². The van der Waals surface area contributed by atoms with Crippen LogP contribution in [0, 0.1) is 0 Å². The molecule has 96 valence electrons. The average Bonchev–Trinajstić information content (AvgIpc) is 2.97. The SMILES string of the molecule is CCOCCc1noc(C2CC(OC)CN2)n1. The predicted molar refractivity (Wildman–Crippen MR) is 60.7 cm³/mol. The van der Waals surface area contributed by atoms with Crippen molar-refractivity contribution in [3.05, 3.63) is 11.7 Å². The van der Waals surface area contributed by atoms with Gasteiger partial charge in [-0.15, -0.1) is 0 Å². The number of nitrogens with zero attached hydrogens (tertiary/aromatic N) is 2. The van der Waals surface area contributed by atoms with E-state index in [2.05, 4.69) is 15.5 Å². The van der Waals surface area contributed by atoms with Crippen molar-refractivity contribution in [2.45, 2.75) is 31.9 Å². The molecule has 0 aromatic carbocycles. The Bertz CT molecular complexity index is 342. The molecule has 0 bridgehead atoms. The van der Waals surface area contributed by atoms with Gasteiger partial charge in [0.15, 0.2) is 5.82 Å². The molecular weight excluding hydrogens is 222 g/mol. The number of methoxy groups -OCH3 is 1. The average molecular weight is 241 g/mol. The molecule has 2 heterocycles. The molecule has 1 aliphatic heterocycles. The third-order valence-corrected chi connectivity index (χ3v) is 2.88. The summed E-state index contributed by atoms with van der Waals surface area (Å²) < 4.78 is 15.8. The van der Waals surface area contributed by atoms with Crippen LogP contribution >= 0.6 is 0 Å². The first kappa shape index (κ1) is 12.5. The van der Waals surface area contributed by atoms with E-state index in [9.17, 15) is 0 Å². The Hall–Kier alpha value is -0.980. The third kappa shape index (κ3) is 3.24. The monoisotopic (exact) mass is 241 g/mol. The van der Waals surface area contributed by atoms with Crippen LogP contribution in [0.3, 0.4) is 0 Å². The number of ether oxygens (including phenoxy) is 2. The molecule has 0 spiro atoms. The van der Waals surface area contributed by atoms with Gasteiger partial charge in [-0.05, 0) is 13.3 Å². The minimum Gasteiger partial charge on any atom is -0.381 e. The molecule has 1 aliphatic rings. The number of hydrogen-bond acceptors (Lipinski definition) is 6. The van der Waals surface area contributed by atoms with E-state index >= 15 is 0 Å². The summed E-state index contributed by atoms with van der Waals surface area (Å²) in [6, 6.07) is 0.119. The second-order valence-corrected chi connectivity index (χ2v) is 4.05. The number of nitrogens with one attached hydrogen (secondary N) is 1. The van der Waals surface area contributed by atoms with E-state index in [0.717, 1.165) is 13.0 Å². The zero-order valence-electron chi connectivity index (χ0n) is 10.3. The van der Waals surface area contributed by atoms with Crippen LogP contribution in [-0.4, -0.2) is 43.1 Å². The summed E-state index contributed by atoms with van der Waals surface area (Å²) in [6.45, 7) is 4.14. The van der Waals surface area contributed by atoms with Crippen LogP contribution < -0.4 is 5.32 Å². The Morgan fingerprint density at radius 1 is 1.53 bits per heavy atom. The Morgan fingerprint density at radius 2 is 2.41 bits per heavy atom. The second kappa shape index (κ2) is 6.09. The molecular formula is C11H19N3O3. The Morgan fingerprint density at radius 3 is 3.12 bits per heavy atom. The van der Waals surface area contributed by atoms with Gasteiger partial charge in [-0.25, -0.2) is 0 Å². The maximum absolute atomic E-state index is 5.28. The first-order valence-corrected chi connectivity index (χ1v) is 6.00. The lowest BCUT2D eigenvalue weighted by Crippen LogP contribution is -2.16. The molecule has 1 fully saturated rings. The van der Waals surface area contributed by atoms with Crippen LogP contribution in [0.15, 0.2) is 4.52 Å². The van der Waals surface area contributed by atoms with Crippen LogP contribution in [0.2, 0.25) is 0 Å². The van der Waals surface area contributed by atoms with E-state index in [-0.39, 0.29) is 12.1 Å². The molecule has 2 rings (SSSR count). The standard InChI is InChI=1S/C11H19N3O3/c1-3-16-5-4-10-13-11(17-14-10)9-6-8(15-2)7-12-9/h8-9,12H,3-7H2,1-2H3.